The number of hydrogen-bond acceptors (Lipinski definition) is 0. The van der Waals surface area contributed by atoms with Gasteiger partial charge in [-0.15, -0.1) is 0 Å². The molecule has 0 nitrogen and oxygen atoms in total. The first kappa shape index (κ1) is 19.5. The fourth-order valence-electron chi connectivity index (χ4n) is 4.61. The highest BCUT2D eigenvalue weighted by Crippen LogP contribution is 2.45. The Morgan fingerprint density at radius 2 is 1.59 bits per heavy atom. The zero-order chi connectivity index (χ0) is 20.4. The normalized spacial score (nSPS) is 15.2. The van der Waals surface area contributed by atoms with Gasteiger partial charge >= 0.3 is 0 Å². The van der Waals surface area contributed by atoms with Crippen molar-refractivity contribution < 1.29 is 0 Å². The zero-order valence-electron chi connectivity index (χ0n) is 17.8. The lowest BCUT2D eigenvalue weighted by Gasteiger charge is -2.20. The summed E-state index contributed by atoms with van der Waals surface area (Å²) in [5.74, 6) is 1.06. The molecular weight excluding hydrogens is 348 g/mol. The van der Waals surface area contributed by atoms with Crippen LogP contribution in [0.2, 0.25) is 0 Å². The molecule has 3 aromatic rings. The van der Waals surface area contributed by atoms with E-state index in [-0.39, 0.29) is 0 Å². The van der Waals surface area contributed by atoms with Crippen LogP contribution in [-0.2, 0) is 0 Å². The van der Waals surface area contributed by atoms with Crippen molar-refractivity contribution in [2.24, 2.45) is 0 Å². The molecule has 29 heavy (non-hydrogen) atoms. The van der Waals surface area contributed by atoms with Crippen molar-refractivity contribution in [3.63, 3.8) is 0 Å². The molecule has 0 radical (unpaired) electrons. The summed E-state index contributed by atoms with van der Waals surface area (Å²) in [6, 6.07) is 24.1. The molecule has 1 unspecified atom stereocenters. The Bertz CT molecular complexity index is 1050. The zero-order valence-corrected chi connectivity index (χ0v) is 17.8. The van der Waals surface area contributed by atoms with Crippen LogP contribution in [0, 0.1) is 13.8 Å². The van der Waals surface area contributed by atoms with Crippen LogP contribution in [-0.4, -0.2) is 0 Å². The van der Waals surface area contributed by atoms with Crippen molar-refractivity contribution in [2.75, 3.05) is 0 Å². The van der Waals surface area contributed by atoms with Crippen molar-refractivity contribution in [3.8, 4) is 11.1 Å². The Morgan fingerprint density at radius 1 is 0.897 bits per heavy atom. The minimum atomic E-state index is 0.316. The Kier molecular flexibility index (Phi) is 5.53. The third kappa shape index (κ3) is 3.98. The van der Waals surface area contributed by atoms with Crippen LogP contribution in [0.5, 0.6) is 0 Å². The highest BCUT2D eigenvalue weighted by Gasteiger charge is 2.27. The molecule has 1 saturated carbocycles. The van der Waals surface area contributed by atoms with Gasteiger partial charge in [0, 0.05) is 5.92 Å². The topological polar surface area (TPSA) is 0 Å². The Labute approximate surface area is 175 Å². The highest BCUT2D eigenvalue weighted by molar-refractivity contribution is 5.76. The van der Waals surface area contributed by atoms with Crippen LogP contribution in [0.4, 0.5) is 0 Å². The van der Waals surface area contributed by atoms with E-state index < -0.39 is 0 Å². The monoisotopic (exact) mass is 378 g/mol. The molecule has 0 aliphatic heterocycles. The lowest BCUT2D eigenvalue weighted by molar-refractivity contribution is 0.939. The van der Waals surface area contributed by atoms with E-state index in [1.807, 2.05) is 6.08 Å². The molecule has 0 bridgehead atoms. The smallest absolute Gasteiger partial charge is 0.000423 e. The van der Waals surface area contributed by atoms with Gasteiger partial charge in [0.05, 0.1) is 0 Å². The van der Waals surface area contributed by atoms with E-state index in [4.69, 9.17) is 0 Å². The van der Waals surface area contributed by atoms with Crippen LogP contribution in [0.1, 0.15) is 59.4 Å². The number of rotatable bonds is 6. The summed E-state index contributed by atoms with van der Waals surface area (Å²) in [6.07, 6.45) is 6.98. The number of allylic oxidation sites excluding steroid dienone is 3. The first-order valence-corrected chi connectivity index (χ1v) is 10.7. The van der Waals surface area contributed by atoms with Gasteiger partial charge in [-0.25, -0.2) is 0 Å². The van der Waals surface area contributed by atoms with E-state index in [0.717, 1.165) is 5.92 Å². The second-order valence-corrected chi connectivity index (χ2v) is 8.31. The van der Waals surface area contributed by atoms with Gasteiger partial charge in [-0.1, -0.05) is 92.4 Å². The Hall–Kier alpha value is -2.86. The Balaban J connectivity index is 1.78. The van der Waals surface area contributed by atoms with Gasteiger partial charge in [-0.2, -0.15) is 0 Å². The summed E-state index contributed by atoms with van der Waals surface area (Å²) in [4.78, 5) is 0. The molecule has 0 N–H and O–H groups in total. The SMILES string of the molecule is C=C/C(=C\C(C)c1c(C)ccc(-c2ccccc2C2CC2)c1C)c1ccccc1. The average molecular weight is 379 g/mol. The van der Waals surface area contributed by atoms with Crippen LogP contribution >= 0.6 is 0 Å². The van der Waals surface area contributed by atoms with E-state index >= 15 is 0 Å². The summed E-state index contributed by atoms with van der Waals surface area (Å²) in [7, 11) is 0. The van der Waals surface area contributed by atoms with Crippen molar-refractivity contribution in [1.82, 2.24) is 0 Å². The molecule has 0 heterocycles. The molecule has 1 fully saturated rings. The largest absolute Gasteiger partial charge is 0.0985 e. The molecule has 0 aromatic heterocycles. The molecule has 0 amide bonds. The second kappa shape index (κ2) is 8.25. The number of benzene rings is 3. The van der Waals surface area contributed by atoms with Crippen LogP contribution in [0.3, 0.4) is 0 Å². The van der Waals surface area contributed by atoms with E-state index in [2.05, 4.69) is 100 Å². The molecule has 0 spiro atoms. The molecule has 0 saturated heterocycles. The van der Waals surface area contributed by atoms with Crippen molar-refractivity contribution in [1.29, 1.82) is 0 Å². The maximum Gasteiger partial charge on any atom is 0.000423 e. The highest BCUT2D eigenvalue weighted by atomic mass is 14.3. The van der Waals surface area contributed by atoms with Gasteiger partial charge in [-0.3, -0.25) is 0 Å². The molecule has 3 aromatic carbocycles. The molecule has 1 aliphatic carbocycles. The Morgan fingerprint density at radius 3 is 2.28 bits per heavy atom. The average Bonchev–Trinajstić information content (AvgIpc) is 3.58. The summed E-state index contributed by atoms with van der Waals surface area (Å²) >= 11 is 0. The van der Waals surface area contributed by atoms with E-state index in [9.17, 15) is 0 Å². The maximum atomic E-state index is 4.06. The molecular formula is C29H30. The van der Waals surface area contributed by atoms with Crippen molar-refractivity contribution in [2.45, 2.75) is 45.4 Å². The first-order valence-electron chi connectivity index (χ1n) is 10.7. The van der Waals surface area contributed by atoms with Gasteiger partial charge in [0.15, 0.2) is 0 Å². The van der Waals surface area contributed by atoms with Gasteiger partial charge in [0.1, 0.15) is 0 Å². The molecule has 0 heteroatoms. The third-order valence-corrected chi connectivity index (χ3v) is 6.21. The van der Waals surface area contributed by atoms with Crippen molar-refractivity contribution >= 4 is 5.57 Å². The van der Waals surface area contributed by atoms with Crippen LogP contribution in [0.15, 0.2) is 85.5 Å². The third-order valence-electron chi connectivity index (χ3n) is 6.21. The first-order chi connectivity index (χ1) is 14.1. The van der Waals surface area contributed by atoms with Gasteiger partial charge in [0.2, 0.25) is 0 Å². The van der Waals surface area contributed by atoms with Crippen LogP contribution < -0.4 is 0 Å². The molecule has 1 atom stereocenters. The maximum absolute atomic E-state index is 4.06. The van der Waals surface area contributed by atoms with Gasteiger partial charge < -0.3 is 0 Å². The minimum absolute atomic E-state index is 0.316. The van der Waals surface area contributed by atoms with E-state index in [1.165, 1.54) is 57.4 Å². The van der Waals surface area contributed by atoms with Crippen LogP contribution in [0.25, 0.3) is 16.7 Å². The predicted molar refractivity (Wildman–Crippen MR) is 126 cm³/mol. The van der Waals surface area contributed by atoms with Crippen molar-refractivity contribution in [3.05, 3.63) is 113 Å². The quantitative estimate of drug-likeness (QED) is 0.379. The number of aryl methyl sites for hydroxylation is 1. The van der Waals surface area contributed by atoms with E-state index in [1.54, 1.807) is 0 Å². The predicted octanol–water partition coefficient (Wildman–Crippen LogP) is 8.22. The van der Waals surface area contributed by atoms with Gasteiger partial charge in [0.25, 0.3) is 0 Å². The molecule has 146 valence electrons. The number of hydrogen-bond donors (Lipinski definition) is 0. The lowest BCUT2D eigenvalue weighted by Crippen LogP contribution is -2.01. The fraction of sp³-hybridized carbons (Fsp3) is 0.241. The van der Waals surface area contributed by atoms with E-state index in [0.29, 0.717) is 5.92 Å². The lowest BCUT2D eigenvalue weighted by atomic mass is 9.84. The fourth-order valence-corrected chi connectivity index (χ4v) is 4.61. The molecule has 4 rings (SSSR count). The standard InChI is InChI=1S/C29H30/c1-5-23(24-11-7-6-8-12-24)19-21(3)29-20(2)15-18-26(22(29)4)28-14-10-9-13-27(28)25-16-17-25/h5-15,18-19,21,25H,1,16-17H2,2-4H3/b23-19+. The second-order valence-electron chi connectivity index (χ2n) is 8.31. The minimum Gasteiger partial charge on any atom is -0.0985 e. The summed E-state index contributed by atoms with van der Waals surface area (Å²) in [6.45, 7) is 10.9. The summed E-state index contributed by atoms with van der Waals surface area (Å²) < 4.78 is 0. The summed E-state index contributed by atoms with van der Waals surface area (Å²) in [5.41, 5.74) is 10.9. The summed E-state index contributed by atoms with van der Waals surface area (Å²) in [5, 5.41) is 0. The van der Waals surface area contributed by atoms with Gasteiger partial charge in [-0.05, 0) is 77.1 Å². The molecule has 1 aliphatic rings.